The number of halogens is 1. The molecular formula is C21H15BrN6OS. The fourth-order valence-corrected chi connectivity index (χ4v) is 4.25. The SMILES string of the molecule is O=C(CSc1nnc2c3cc(-c4ccccc4)nn3ccn12)Nc1cccc(Br)c1. The maximum atomic E-state index is 12.3. The summed E-state index contributed by atoms with van der Waals surface area (Å²) < 4.78 is 4.58. The summed E-state index contributed by atoms with van der Waals surface area (Å²) in [5.41, 5.74) is 4.21. The number of aromatic nitrogens is 5. The molecule has 0 atom stereocenters. The van der Waals surface area contributed by atoms with Gasteiger partial charge in [-0.1, -0.05) is 64.1 Å². The molecule has 1 N–H and O–H groups in total. The van der Waals surface area contributed by atoms with Crippen LogP contribution < -0.4 is 5.32 Å². The van der Waals surface area contributed by atoms with Gasteiger partial charge in [0.1, 0.15) is 5.52 Å². The van der Waals surface area contributed by atoms with E-state index in [2.05, 4.69) is 36.5 Å². The highest BCUT2D eigenvalue weighted by molar-refractivity contribution is 9.10. The highest BCUT2D eigenvalue weighted by atomic mass is 79.9. The number of hydrogen-bond donors (Lipinski definition) is 1. The number of nitrogens with zero attached hydrogens (tertiary/aromatic N) is 5. The molecule has 0 aliphatic heterocycles. The van der Waals surface area contributed by atoms with Crippen LogP contribution in [0.15, 0.2) is 82.7 Å². The minimum atomic E-state index is -0.105. The summed E-state index contributed by atoms with van der Waals surface area (Å²) in [5, 5.41) is 16.8. The van der Waals surface area contributed by atoms with Crippen molar-refractivity contribution in [2.45, 2.75) is 5.16 Å². The average Bonchev–Trinajstić information content (AvgIpc) is 3.37. The van der Waals surface area contributed by atoms with Crippen molar-refractivity contribution in [3.8, 4) is 11.3 Å². The molecule has 30 heavy (non-hydrogen) atoms. The second-order valence-electron chi connectivity index (χ2n) is 6.55. The first kappa shape index (κ1) is 18.8. The number of anilines is 1. The molecule has 5 rings (SSSR count). The number of nitrogens with one attached hydrogen (secondary N) is 1. The van der Waals surface area contributed by atoms with Crippen LogP contribution >= 0.6 is 27.7 Å². The minimum Gasteiger partial charge on any atom is -0.325 e. The predicted octanol–water partition coefficient (Wildman–Crippen LogP) is 4.54. The molecule has 1 amide bonds. The molecule has 148 valence electrons. The summed E-state index contributed by atoms with van der Waals surface area (Å²) in [7, 11) is 0. The number of thioether (sulfide) groups is 1. The molecule has 2 aromatic carbocycles. The lowest BCUT2D eigenvalue weighted by Gasteiger charge is -2.05. The first-order chi connectivity index (χ1) is 14.7. The van der Waals surface area contributed by atoms with Gasteiger partial charge < -0.3 is 5.32 Å². The number of hydrogen-bond acceptors (Lipinski definition) is 5. The fourth-order valence-electron chi connectivity index (χ4n) is 3.13. The van der Waals surface area contributed by atoms with Crippen LogP contribution in [0.2, 0.25) is 0 Å². The van der Waals surface area contributed by atoms with E-state index >= 15 is 0 Å². The quantitative estimate of drug-likeness (QED) is 0.375. The maximum absolute atomic E-state index is 12.3. The Kier molecular flexibility index (Phi) is 4.97. The number of rotatable bonds is 5. The van der Waals surface area contributed by atoms with Crippen LogP contribution in [0.4, 0.5) is 5.69 Å². The van der Waals surface area contributed by atoms with Crippen molar-refractivity contribution in [3.05, 3.63) is 77.5 Å². The summed E-state index contributed by atoms with van der Waals surface area (Å²) in [6.45, 7) is 0. The summed E-state index contributed by atoms with van der Waals surface area (Å²) in [6.07, 6.45) is 3.72. The molecule has 9 heteroatoms. The molecular weight excluding hydrogens is 464 g/mol. The Morgan fingerprint density at radius 2 is 1.90 bits per heavy atom. The van der Waals surface area contributed by atoms with Gasteiger partial charge >= 0.3 is 0 Å². The zero-order chi connectivity index (χ0) is 20.5. The van der Waals surface area contributed by atoms with Crippen molar-refractivity contribution < 1.29 is 4.79 Å². The van der Waals surface area contributed by atoms with Crippen LogP contribution in [0.1, 0.15) is 0 Å². The standard InChI is InChI=1S/C21H15BrN6OS/c22-15-7-4-8-16(11-15)23-19(29)13-30-21-25-24-20-18-12-17(14-5-2-1-3-6-14)26-28(18)10-9-27(20)21/h1-12H,13H2,(H,23,29). The first-order valence-electron chi connectivity index (χ1n) is 9.14. The number of carbonyl (C=O) groups excluding carboxylic acids is 1. The molecule has 0 radical (unpaired) electrons. The third-order valence-corrected chi connectivity index (χ3v) is 5.93. The largest absolute Gasteiger partial charge is 0.325 e. The van der Waals surface area contributed by atoms with Gasteiger partial charge in [-0.05, 0) is 24.3 Å². The van der Waals surface area contributed by atoms with Crippen molar-refractivity contribution in [2.75, 3.05) is 11.1 Å². The van der Waals surface area contributed by atoms with E-state index in [0.29, 0.717) is 10.8 Å². The van der Waals surface area contributed by atoms with Gasteiger partial charge in [-0.3, -0.25) is 9.20 Å². The normalized spacial score (nSPS) is 11.2. The third-order valence-electron chi connectivity index (χ3n) is 4.50. The second kappa shape index (κ2) is 7.92. The number of benzene rings is 2. The van der Waals surface area contributed by atoms with E-state index in [-0.39, 0.29) is 11.7 Å². The summed E-state index contributed by atoms with van der Waals surface area (Å²) in [6, 6.07) is 19.5. The second-order valence-corrected chi connectivity index (χ2v) is 8.41. The van der Waals surface area contributed by atoms with Gasteiger partial charge in [0.05, 0.1) is 11.4 Å². The Hall–Kier alpha value is -3.17. The topological polar surface area (TPSA) is 76.6 Å². The average molecular weight is 479 g/mol. The lowest BCUT2D eigenvalue weighted by Crippen LogP contribution is -2.14. The van der Waals surface area contributed by atoms with Gasteiger partial charge in [0.25, 0.3) is 0 Å². The van der Waals surface area contributed by atoms with Gasteiger partial charge in [0.2, 0.25) is 5.91 Å². The smallest absolute Gasteiger partial charge is 0.234 e. The Balaban J connectivity index is 1.37. The number of amides is 1. The van der Waals surface area contributed by atoms with Gasteiger partial charge in [-0.25, -0.2) is 4.52 Å². The summed E-state index contributed by atoms with van der Waals surface area (Å²) in [5.74, 6) is 0.124. The highest BCUT2D eigenvalue weighted by Crippen LogP contribution is 2.24. The van der Waals surface area contributed by atoms with Crippen LogP contribution in [0.25, 0.3) is 22.4 Å². The van der Waals surface area contributed by atoms with Crippen LogP contribution in [-0.2, 0) is 4.79 Å². The number of fused-ring (bicyclic) bond motifs is 3. The van der Waals surface area contributed by atoms with E-state index in [4.69, 9.17) is 0 Å². The maximum Gasteiger partial charge on any atom is 0.234 e. The fraction of sp³-hybridized carbons (Fsp3) is 0.0476. The molecule has 0 spiro atoms. The van der Waals surface area contributed by atoms with Gasteiger partial charge in [0, 0.05) is 28.1 Å². The first-order valence-corrected chi connectivity index (χ1v) is 10.9. The minimum absolute atomic E-state index is 0.105. The van der Waals surface area contributed by atoms with Gasteiger partial charge in [0.15, 0.2) is 10.8 Å². The molecule has 0 aliphatic carbocycles. The van der Waals surface area contributed by atoms with Gasteiger partial charge in [-0.2, -0.15) is 5.10 Å². The molecule has 0 saturated heterocycles. The molecule has 0 bridgehead atoms. The molecule has 0 fully saturated rings. The van der Waals surface area contributed by atoms with E-state index in [1.54, 1.807) is 4.52 Å². The van der Waals surface area contributed by atoms with Crippen LogP contribution in [0.5, 0.6) is 0 Å². The molecule has 3 aromatic heterocycles. The zero-order valence-corrected chi connectivity index (χ0v) is 18.0. The Morgan fingerprint density at radius 3 is 2.73 bits per heavy atom. The van der Waals surface area contributed by atoms with Crippen LogP contribution in [-0.4, -0.2) is 35.9 Å². The zero-order valence-electron chi connectivity index (χ0n) is 15.6. The van der Waals surface area contributed by atoms with E-state index in [1.807, 2.05) is 77.5 Å². The molecule has 5 aromatic rings. The summed E-state index contributed by atoms with van der Waals surface area (Å²) in [4.78, 5) is 12.3. The molecule has 3 heterocycles. The van der Waals surface area contributed by atoms with Crippen molar-refractivity contribution in [2.24, 2.45) is 0 Å². The molecule has 7 nitrogen and oxygen atoms in total. The Labute approximate surface area is 184 Å². The van der Waals surface area contributed by atoms with E-state index in [0.717, 1.165) is 26.9 Å². The number of carbonyl (C=O) groups is 1. The highest BCUT2D eigenvalue weighted by Gasteiger charge is 2.14. The summed E-state index contributed by atoms with van der Waals surface area (Å²) >= 11 is 4.74. The molecule has 0 unspecified atom stereocenters. The van der Waals surface area contributed by atoms with Crippen molar-refractivity contribution in [1.29, 1.82) is 0 Å². The molecule has 0 saturated carbocycles. The van der Waals surface area contributed by atoms with Gasteiger partial charge in [-0.15, -0.1) is 10.2 Å². The van der Waals surface area contributed by atoms with Crippen molar-refractivity contribution >= 4 is 50.5 Å². The van der Waals surface area contributed by atoms with Crippen molar-refractivity contribution in [3.63, 3.8) is 0 Å². The lowest BCUT2D eigenvalue weighted by molar-refractivity contribution is -0.113. The van der Waals surface area contributed by atoms with Crippen LogP contribution in [0, 0.1) is 0 Å². The van der Waals surface area contributed by atoms with E-state index < -0.39 is 0 Å². The Bertz CT molecular complexity index is 1360. The van der Waals surface area contributed by atoms with Crippen LogP contribution in [0.3, 0.4) is 0 Å². The van der Waals surface area contributed by atoms with E-state index in [9.17, 15) is 4.79 Å². The van der Waals surface area contributed by atoms with Crippen molar-refractivity contribution in [1.82, 2.24) is 24.2 Å². The molecule has 0 aliphatic rings. The lowest BCUT2D eigenvalue weighted by atomic mass is 10.1. The van der Waals surface area contributed by atoms with E-state index in [1.165, 1.54) is 11.8 Å². The Morgan fingerprint density at radius 1 is 1.03 bits per heavy atom. The predicted molar refractivity (Wildman–Crippen MR) is 121 cm³/mol. The third kappa shape index (κ3) is 3.69. The monoisotopic (exact) mass is 478 g/mol.